The Labute approximate surface area is 257 Å². The lowest BCUT2D eigenvalue weighted by molar-refractivity contribution is -0.384. The number of carbonyl (C=O) groups is 2. The number of hydrogen-bond acceptors (Lipinski definition) is 10. The number of carbonyl (C=O) groups excluding carboxylic acids is 2. The highest BCUT2D eigenvalue weighted by atomic mass is 32.2. The van der Waals surface area contributed by atoms with E-state index in [-0.39, 0.29) is 35.5 Å². The van der Waals surface area contributed by atoms with Crippen LogP contribution in [0.1, 0.15) is 39.3 Å². The minimum atomic E-state index is -0.507. The van der Waals surface area contributed by atoms with Crippen molar-refractivity contribution in [2.75, 3.05) is 5.75 Å². The van der Waals surface area contributed by atoms with Gasteiger partial charge in [0.05, 0.1) is 40.1 Å². The molecule has 3 aromatic heterocycles. The van der Waals surface area contributed by atoms with Gasteiger partial charge in [-0.2, -0.15) is 5.10 Å². The molecule has 1 N–H and O–H groups in total. The van der Waals surface area contributed by atoms with E-state index < -0.39 is 16.9 Å². The van der Waals surface area contributed by atoms with Gasteiger partial charge in [0.15, 0.2) is 16.7 Å². The highest BCUT2D eigenvalue weighted by molar-refractivity contribution is 7.99. The summed E-state index contributed by atoms with van der Waals surface area (Å²) in [6.07, 6.45) is 1.86. The monoisotopic (exact) mass is 631 g/mol. The summed E-state index contributed by atoms with van der Waals surface area (Å²) in [6.45, 7) is -0.0364. The number of thiophene rings is 1. The van der Waals surface area contributed by atoms with E-state index in [1.807, 2.05) is 17.5 Å². The topological polar surface area (TPSA) is 149 Å². The van der Waals surface area contributed by atoms with Gasteiger partial charge in [-0.1, -0.05) is 30.0 Å². The van der Waals surface area contributed by atoms with E-state index >= 15 is 0 Å². The molecular formula is C29H22FN7O5S2. The van der Waals surface area contributed by atoms with E-state index in [2.05, 4.69) is 20.6 Å². The van der Waals surface area contributed by atoms with Crippen LogP contribution in [-0.2, 0) is 11.3 Å². The maximum Gasteiger partial charge on any atom is 0.287 e. The minimum Gasteiger partial charge on any atom is -0.459 e. The first kappa shape index (κ1) is 28.9. The second-order valence-electron chi connectivity index (χ2n) is 9.49. The Kier molecular flexibility index (Phi) is 8.29. The van der Waals surface area contributed by atoms with E-state index in [0.717, 1.165) is 27.9 Å². The predicted molar refractivity (Wildman–Crippen MR) is 160 cm³/mol. The van der Waals surface area contributed by atoms with Crippen molar-refractivity contribution in [3.8, 4) is 5.69 Å². The van der Waals surface area contributed by atoms with Crippen LogP contribution >= 0.6 is 23.1 Å². The second kappa shape index (κ2) is 12.6. The molecule has 0 unspecified atom stereocenters. The fraction of sp³-hybridized carbons (Fsp3) is 0.138. The van der Waals surface area contributed by atoms with Gasteiger partial charge in [-0.15, -0.1) is 21.5 Å². The highest BCUT2D eigenvalue weighted by Crippen LogP contribution is 2.35. The predicted octanol–water partition coefficient (Wildman–Crippen LogP) is 5.37. The van der Waals surface area contributed by atoms with Gasteiger partial charge in [0.25, 0.3) is 17.5 Å². The molecule has 0 bridgehead atoms. The maximum absolute atomic E-state index is 13.7. The summed E-state index contributed by atoms with van der Waals surface area (Å²) in [5.74, 6) is -0.753. The maximum atomic E-state index is 13.7. The first-order chi connectivity index (χ1) is 21.4. The van der Waals surface area contributed by atoms with Gasteiger partial charge in [-0.3, -0.25) is 24.3 Å². The molecule has 0 fully saturated rings. The first-order valence-electron chi connectivity index (χ1n) is 13.2. The van der Waals surface area contributed by atoms with Gasteiger partial charge in [0, 0.05) is 24.2 Å². The number of thioether (sulfide) groups is 1. The SMILES string of the molecule is O=C(NCc1nnc(SCC(=O)N2N=C(c3cccs3)C[C@H]2c2ccc(F)cc2)n1-c1ccc([N+](=O)[O-])cc1)c1ccco1. The van der Waals surface area contributed by atoms with Crippen molar-refractivity contribution in [2.24, 2.45) is 5.10 Å². The third kappa shape index (κ3) is 6.14. The Morgan fingerprint density at radius 2 is 1.89 bits per heavy atom. The van der Waals surface area contributed by atoms with Gasteiger partial charge >= 0.3 is 0 Å². The van der Waals surface area contributed by atoms with Gasteiger partial charge in [0.2, 0.25) is 0 Å². The number of furan rings is 1. The number of hydrazone groups is 1. The molecule has 2 aromatic carbocycles. The average Bonchev–Trinajstić information content (AvgIpc) is 3.85. The number of nitrogens with one attached hydrogen (secondary N) is 1. The lowest BCUT2D eigenvalue weighted by Gasteiger charge is -2.22. The van der Waals surface area contributed by atoms with Crippen LogP contribution < -0.4 is 5.32 Å². The summed E-state index contributed by atoms with van der Waals surface area (Å²) < 4.78 is 20.4. The number of benzene rings is 2. The Hall–Kier alpha value is -5.15. The number of halogens is 1. The number of nitrogens with zero attached hydrogens (tertiary/aromatic N) is 6. The van der Waals surface area contributed by atoms with Crippen LogP contribution in [0.25, 0.3) is 5.69 Å². The molecule has 4 heterocycles. The molecule has 15 heteroatoms. The summed E-state index contributed by atoms with van der Waals surface area (Å²) in [4.78, 5) is 37.8. The summed E-state index contributed by atoms with van der Waals surface area (Å²) in [5, 5.41) is 30.7. The highest BCUT2D eigenvalue weighted by Gasteiger charge is 2.34. The fourth-order valence-electron chi connectivity index (χ4n) is 4.61. The van der Waals surface area contributed by atoms with Crippen molar-refractivity contribution < 1.29 is 23.3 Å². The fourth-order valence-corrected chi connectivity index (χ4v) is 6.16. The van der Waals surface area contributed by atoms with Crippen molar-refractivity contribution in [1.82, 2.24) is 25.1 Å². The number of non-ortho nitro benzene ring substituents is 1. The van der Waals surface area contributed by atoms with Crippen LogP contribution in [0, 0.1) is 15.9 Å². The van der Waals surface area contributed by atoms with E-state index in [9.17, 15) is 24.1 Å². The van der Waals surface area contributed by atoms with E-state index in [4.69, 9.17) is 4.42 Å². The molecule has 44 heavy (non-hydrogen) atoms. The Balaban J connectivity index is 1.25. The minimum absolute atomic E-state index is 0.0364. The molecule has 0 saturated heterocycles. The molecule has 5 aromatic rings. The zero-order chi connectivity index (χ0) is 30.6. The van der Waals surface area contributed by atoms with Crippen molar-refractivity contribution in [3.63, 3.8) is 0 Å². The van der Waals surface area contributed by atoms with Crippen LogP contribution in [-0.4, -0.2) is 48.0 Å². The van der Waals surface area contributed by atoms with Crippen LogP contribution in [0.3, 0.4) is 0 Å². The molecule has 0 radical (unpaired) electrons. The lowest BCUT2D eigenvalue weighted by Crippen LogP contribution is -2.28. The zero-order valence-electron chi connectivity index (χ0n) is 22.7. The Morgan fingerprint density at radius 3 is 2.57 bits per heavy atom. The average molecular weight is 632 g/mol. The van der Waals surface area contributed by atoms with Gasteiger partial charge in [0.1, 0.15) is 5.82 Å². The smallest absolute Gasteiger partial charge is 0.287 e. The summed E-state index contributed by atoms with van der Waals surface area (Å²) in [6, 6.07) is 18.3. The van der Waals surface area contributed by atoms with Gasteiger partial charge < -0.3 is 9.73 Å². The molecule has 1 aliphatic rings. The van der Waals surface area contributed by atoms with Crippen LogP contribution in [0.5, 0.6) is 0 Å². The number of aromatic nitrogens is 3. The van der Waals surface area contributed by atoms with Gasteiger partial charge in [-0.05, 0) is 53.4 Å². The third-order valence-electron chi connectivity index (χ3n) is 6.72. The van der Waals surface area contributed by atoms with Gasteiger partial charge in [-0.25, -0.2) is 9.40 Å². The second-order valence-corrected chi connectivity index (χ2v) is 11.4. The molecule has 12 nitrogen and oxygen atoms in total. The van der Waals surface area contributed by atoms with E-state index in [0.29, 0.717) is 23.1 Å². The largest absolute Gasteiger partial charge is 0.459 e. The summed E-state index contributed by atoms with van der Waals surface area (Å²) in [7, 11) is 0. The molecule has 1 aliphatic heterocycles. The zero-order valence-corrected chi connectivity index (χ0v) is 24.3. The number of nitro groups is 1. The lowest BCUT2D eigenvalue weighted by atomic mass is 10.0. The van der Waals surface area contributed by atoms with Crippen LogP contribution in [0.2, 0.25) is 0 Å². The number of rotatable bonds is 10. The van der Waals surface area contributed by atoms with Crippen LogP contribution in [0.4, 0.5) is 10.1 Å². The molecular weight excluding hydrogens is 609 g/mol. The van der Waals surface area contributed by atoms with Crippen molar-refractivity contribution in [2.45, 2.75) is 24.2 Å². The van der Waals surface area contributed by atoms with Crippen molar-refractivity contribution >= 4 is 46.3 Å². The number of hydrogen-bond donors (Lipinski definition) is 1. The van der Waals surface area contributed by atoms with Crippen molar-refractivity contribution in [3.05, 3.63) is 122 Å². The van der Waals surface area contributed by atoms with E-state index in [1.165, 1.54) is 65.1 Å². The summed E-state index contributed by atoms with van der Waals surface area (Å²) >= 11 is 2.63. The molecule has 1 atom stereocenters. The summed E-state index contributed by atoms with van der Waals surface area (Å²) in [5.41, 5.74) is 1.92. The first-order valence-corrected chi connectivity index (χ1v) is 15.1. The number of amides is 2. The molecule has 222 valence electrons. The molecule has 2 amide bonds. The Morgan fingerprint density at radius 1 is 1.09 bits per heavy atom. The quantitative estimate of drug-likeness (QED) is 0.123. The van der Waals surface area contributed by atoms with E-state index in [1.54, 1.807) is 22.8 Å². The standard InChI is InChI=1S/C29H22FN7O5S2/c30-19-7-5-18(6-8-19)23-15-22(25-4-2-14-43-25)34-36(23)27(38)17-44-29-33-32-26(16-31-28(39)24-3-1-13-42-24)35(29)20-9-11-21(12-10-20)37(40)41/h1-14,23H,15-17H2,(H,31,39)/t23-/m0/s1. The number of nitro benzene ring substituents is 1. The molecule has 0 aliphatic carbocycles. The molecule has 6 rings (SSSR count). The molecule has 0 saturated carbocycles. The van der Waals surface area contributed by atoms with Crippen LogP contribution in [0.15, 0.2) is 99.1 Å². The molecule has 0 spiro atoms. The van der Waals surface area contributed by atoms with Crippen molar-refractivity contribution in [1.29, 1.82) is 0 Å². The Bertz CT molecular complexity index is 1820. The normalized spacial score (nSPS) is 14.4. The third-order valence-corrected chi connectivity index (χ3v) is 8.55.